The second kappa shape index (κ2) is 7.97. The van der Waals surface area contributed by atoms with Crippen LogP contribution in [0.1, 0.15) is 10.4 Å². The maximum absolute atomic E-state index is 12.6. The first-order valence-electron chi connectivity index (χ1n) is 8.81. The Morgan fingerprint density at radius 2 is 1.83 bits per heavy atom. The summed E-state index contributed by atoms with van der Waals surface area (Å²) >= 11 is 0. The molecular weight excluding hydrogens is 374 g/mol. The molecule has 2 heterocycles. The molecule has 0 saturated carbocycles. The molecule has 8 heteroatoms. The fourth-order valence-corrected chi connectivity index (χ4v) is 2.88. The Hall–Kier alpha value is -3.94. The molecule has 4 rings (SSSR count). The van der Waals surface area contributed by atoms with Crippen LogP contribution in [0.5, 0.6) is 23.0 Å². The average molecular weight is 393 g/mol. The molecule has 0 spiro atoms. The minimum Gasteiger partial charge on any atom is -0.497 e. The first kappa shape index (κ1) is 18.4. The average Bonchev–Trinajstić information content (AvgIpc) is 3.21. The van der Waals surface area contributed by atoms with E-state index in [1.54, 1.807) is 62.9 Å². The van der Waals surface area contributed by atoms with Crippen molar-refractivity contribution in [2.24, 2.45) is 0 Å². The molecule has 1 aliphatic heterocycles. The molecule has 1 aliphatic rings. The normalized spacial score (nSPS) is 11.7. The maximum atomic E-state index is 12.6. The van der Waals surface area contributed by atoms with E-state index in [-0.39, 0.29) is 12.7 Å². The van der Waals surface area contributed by atoms with Crippen LogP contribution >= 0.6 is 0 Å². The number of ether oxygens (including phenoxy) is 4. The predicted molar refractivity (Wildman–Crippen MR) is 108 cm³/mol. The quantitative estimate of drug-likeness (QED) is 0.658. The van der Waals surface area contributed by atoms with E-state index in [4.69, 9.17) is 18.9 Å². The highest BCUT2D eigenvalue weighted by molar-refractivity contribution is 6.04. The predicted octanol–water partition coefficient (Wildman–Crippen LogP) is 3.82. The van der Waals surface area contributed by atoms with Gasteiger partial charge in [-0.15, -0.1) is 0 Å². The van der Waals surface area contributed by atoms with Gasteiger partial charge in [-0.1, -0.05) is 0 Å². The number of anilines is 3. The van der Waals surface area contributed by atoms with Gasteiger partial charge in [-0.2, -0.15) is 0 Å². The van der Waals surface area contributed by atoms with E-state index in [9.17, 15) is 4.79 Å². The molecule has 8 nitrogen and oxygen atoms in total. The Morgan fingerprint density at radius 3 is 2.66 bits per heavy atom. The standard InChI is InChI=1S/C21H19N3O5/c1-26-16-4-6-18(27-2)17(9-16)23-15-7-13(10-22-11-15)21(25)24-14-3-5-19-20(8-14)29-12-28-19/h3-11,23H,12H2,1-2H3,(H,24,25). The van der Waals surface area contributed by atoms with Crippen molar-refractivity contribution in [3.8, 4) is 23.0 Å². The number of carbonyl (C=O) groups excluding carboxylic acids is 1. The smallest absolute Gasteiger partial charge is 0.257 e. The van der Waals surface area contributed by atoms with Crippen LogP contribution < -0.4 is 29.6 Å². The number of carbonyl (C=O) groups is 1. The molecule has 0 bridgehead atoms. The van der Waals surface area contributed by atoms with Crippen LogP contribution in [0.25, 0.3) is 0 Å². The van der Waals surface area contributed by atoms with Crippen LogP contribution in [0.15, 0.2) is 54.9 Å². The van der Waals surface area contributed by atoms with E-state index in [1.807, 2.05) is 0 Å². The van der Waals surface area contributed by atoms with E-state index < -0.39 is 0 Å². The zero-order chi connectivity index (χ0) is 20.2. The third-order valence-corrected chi connectivity index (χ3v) is 4.32. The molecule has 148 valence electrons. The molecule has 0 fully saturated rings. The zero-order valence-corrected chi connectivity index (χ0v) is 15.9. The van der Waals surface area contributed by atoms with E-state index in [0.717, 1.165) is 0 Å². The molecule has 1 aromatic heterocycles. The van der Waals surface area contributed by atoms with Gasteiger partial charge in [-0.3, -0.25) is 9.78 Å². The number of aromatic nitrogens is 1. The van der Waals surface area contributed by atoms with Crippen molar-refractivity contribution < 1.29 is 23.7 Å². The van der Waals surface area contributed by atoms with Crippen LogP contribution in [0.3, 0.4) is 0 Å². The van der Waals surface area contributed by atoms with Crippen molar-refractivity contribution in [3.63, 3.8) is 0 Å². The summed E-state index contributed by atoms with van der Waals surface area (Å²) in [6.45, 7) is 0.179. The first-order valence-corrected chi connectivity index (χ1v) is 8.81. The van der Waals surface area contributed by atoms with Crippen LogP contribution in [0.2, 0.25) is 0 Å². The third-order valence-electron chi connectivity index (χ3n) is 4.32. The van der Waals surface area contributed by atoms with Gasteiger partial charge in [0.2, 0.25) is 6.79 Å². The van der Waals surface area contributed by atoms with Gasteiger partial charge in [0, 0.05) is 24.0 Å². The lowest BCUT2D eigenvalue weighted by Gasteiger charge is -2.13. The monoisotopic (exact) mass is 393 g/mol. The number of amides is 1. The second-order valence-corrected chi connectivity index (χ2v) is 6.18. The van der Waals surface area contributed by atoms with Crippen molar-refractivity contribution in [1.82, 2.24) is 4.98 Å². The SMILES string of the molecule is COc1ccc(OC)c(Nc2cncc(C(=O)Nc3ccc4c(c3)OCO4)c2)c1. The molecule has 3 aromatic rings. The summed E-state index contributed by atoms with van der Waals surface area (Å²) in [6.07, 6.45) is 3.12. The van der Waals surface area contributed by atoms with E-state index in [0.29, 0.717) is 45.6 Å². The summed E-state index contributed by atoms with van der Waals surface area (Å²) in [5.74, 6) is 2.28. The molecule has 0 unspecified atom stereocenters. The number of fused-ring (bicyclic) bond motifs is 1. The van der Waals surface area contributed by atoms with E-state index >= 15 is 0 Å². The van der Waals surface area contributed by atoms with Gasteiger partial charge < -0.3 is 29.6 Å². The van der Waals surface area contributed by atoms with E-state index in [2.05, 4.69) is 15.6 Å². The van der Waals surface area contributed by atoms with E-state index in [1.165, 1.54) is 6.20 Å². The molecule has 0 saturated heterocycles. The second-order valence-electron chi connectivity index (χ2n) is 6.18. The van der Waals surface area contributed by atoms with Crippen LogP contribution in [-0.2, 0) is 0 Å². The lowest BCUT2D eigenvalue weighted by Crippen LogP contribution is -2.12. The molecule has 1 amide bonds. The van der Waals surface area contributed by atoms with Crippen molar-refractivity contribution >= 4 is 23.0 Å². The van der Waals surface area contributed by atoms with Gasteiger partial charge in [0.15, 0.2) is 11.5 Å². The highest BCUT2D eigenvalue weighted by atomic mass is 16.7. The van der Waals surface area contributed by atoms with Gasteiger partial charge in [0.05, 0.1) is 37.4 Å². The largest absolute Gasteiger partial charge is 0.497 e. The highest BCUT2D eigenvalue weighted by Gasteiger charge is 2.15. The van der Waals surface area contributed by atoms with Crippen LogP contribution in [0, 0.1) is 0 Å². The Balaban J connectivity index is 1.52. The van der Waals surface area contributed by atoms with Crippen molar-refractivity contribution in [2.45, 2.75) is 0 Å². The van der Waals surface area contributed by atoms with Crippen LogP contribution in [0.4, 0.5) is 17.1 Å². The summed E-state index contributed by atoms with van der Waals surface area (Å²) in [6, 6.07) is 12.3. The van der Waals surface area contributed by atoms with Gasteiger partial charge in [-0.05, 0) is 30.3 Å². The summed E-state index contributed by atoms with van der Waals surface area (Å²) in [5.41, 5.74) is 2.33. The highest BCUT2D eigenvalue weighted by Crippen LogP contribution is 2.34. The topological polar surface area (TPSA) is 90.9 Å². The lowest BCUT2D eigenvalue weighted by molar-refractivity contribution is 0.102. The molecular formula is C21H19N3O5. The molecule has 0 radical (unpaired) electrons. The summed E-state index contributed by atoms with van der Waals surface area (Å²) in [4.78, 5) is 16.8. The molecule has 0 atom stereocenters. The van der Waals surface area contributed by atoms with Gasteiger partial charge in [0.25, 0.3) is 5.91 Å². The maximum Gasteiger partial charge on any atom is 0.257 e. The summed E-state index contributed by atoms with van der Waals surface area (Å²) in [7, 11) is 3.18. The van der Waals surface area contributed by atoms with Gasteiger partial charge in [-0.25, -0.2) is 0 Å². The number of hydrogen-bond acceptors (Lipinski definition) is 7. The van der Waals surface area contributed by atoms with Crippen molar-refractivity contribution in [2.75, 3.05) is 31.6 Å². The number of pyridine rings is 1. The minimum atomic E-state index is -0.294. The van der Waals surface area contributed by atoms with Gasteiger partial charge in [0.1, 0.15) is 11.5 Å². The molecule has 2 aromatic carbocycles. The minimum absolute atomic E-state index is 0.179. The number of methoxy groups -OCH3 is 2. The number of nitrogens with one attached hydrogen (secondary N) is 2. The number of nitrogens with zero attached hydrogens (tertiary/aromatic N) is 1. The van der Waals surface area contributed by atoms with Crippen molar-refractivity contribution in [1.29, 1.82) is 0 Å². The fraction of sp³-hybridized carbons (Fsp3) is 0.143. The summed E-state index contributed by atoms with van der Waals surface area (Å²) in [5, 5.41) is 6.04. The summed E-state index contributed by atoms with van der Waals surface area (Å²) < 4.78 is 21.2. The zero-order valence-electron chi connectivity index (χ0n) is 15.9. The number of rotatable bonds is 6. The lowest BCUT2D eigenvalue weighted by atomic mass is 10.2. The number of benzene rings is 2. The Bertz CT molecular complexity index is 1050. The fourth-order valence-electron chi connectivity index (χ4n) is 2.88. The Morgan fingerprint density at radius 1 is 0.966 bits per heavy atom. The Labute approximate surface area is 167 Å². The number of hydrogen-bond donors (Lipinski definition) is 2. The molecule has 2 N–H and O–H groups in total. The third kappa shape index (κ3) is 4.01. The van der Waals surface area contributed by atoms with Gasteiger partial charge >= 0.3 is 0 Å². The van der Waals surface area contributed by atoms with Crippen molar-refractivity contribution in [3.05, 3.63) is 60.4 Å². The molecule has 0 aliphatic carbocycles. The first-order chi connectivity index (χ1) is 14.2. The Kier molecular flexibility index (Phi) is 5.07. The van der Waals surface area contributed by atoms with Crippen LogP contribution in [-0.4, -0.2) is 31.9 Å². The molecule has 29 heavy (non-hydrogen) atoms.